The number of hydrogen-bond donors (Lipinski definition) is 2. The van der Waals surface area contributed by atoms with Crippen molar-refractivity contribution in [3.05, 3.63) is 75.0 Å². The molecule has 1 heterocycles. The van der Waals surface area contributed by atoms with Crippen molar-refractivity contribution in [3.63, 3.8) is 0 Å². The Hall–Kier alpha value is -3.53. The Morgan fingerprint density at radius 1 is 1.16 bits per heavy atom. The number of carbonyl (C=O) groups is 1. The number of benzene rings is 2. The van der Waals surface area contributed by atoms with E-state index in [-0.39, 0.29) is 17.9 Å². The number of hydrogen-bond acceptors (Lipinski definition) is 6. The number of sulfone groups is 1. The highest BCUT2D eigenvalue weighted by molar-refractivity contribution is 7.90. The molecule has 2 N–H and O–H groups in total. The van der Waals surface area contributed by atoms with Crippen LogP contribution in [0.3, 0.4) is 0 Å². The smallest absolute Gasteiger partial charge is 0.294 e. The third kappa shape index (κ3) is 4.70. The summed E-state index contributed by atoms with van der Waals surface area (Å²) in [6.45, 7) is 4.10. The molecule has 1 aromatic heterocycles. The highest BCUT2D eigenvalue weighted by atomic mass is 32.2. The average molecular weight is 459 g/mol. The molecule has 0 spiro atoms. The third-order valence-corrected chi connectivity index (χ3v) is 6.17. The lowest BCUT2D eigenvalue weighted by atomic mass is 10.1. The maximum atomic E-state index is 13.7. The molecule has 32 heavy (non-hydrogen) atoms. The minimum Gasteiger partial charge on any atom is -0.501 e. The van der Waals surface area contributed by atoms with Gasteiger partial charge in [0.15, 0.2) is 15.5 Å². The Morgan fingerprint density at radius 3 is 2.47 bits per heavy atom. The Kier molecular flexibility index (Phi) is 6.18. The Morgan fingerprint density at radius 2 is 1.84 bits per heavy atom. The summed E-state index contributed by atoms with van der Waals surface area (Å²) in [5.74, 6) is -2.71. The van der Waals surface area contributed by atoms with E-state index in [0.29, 0.717) is 0 Å². The van der Waals surface area contributed by atoms with Gasteiger partial charge in [-0.3, -0.25) is 9.59 Å². The molecule has 0 fully saturated rings. The molecule has 3 aromatic rings. The van der Waals surface area contributed by atoms with E-state index >= 15 is 0 Å². The van der Waals surface area contributed by atoms with Crippen LogP contribution < -0.4 is 5.56 Å². The predicted octanol–water partition coefficient (Wildman–Crippen LogP) is 2.57. The van der Waals surface area contributed by atoms with E-state index < -0.39 is 43.5 Å². The molecule has 0 saturated heterocycles. The number of carbonyl (C=O) groups excluding carboxylic acids is 1. The van der Waals surface area contributed by atoms with Crippen molar-refractivity contribution in [3.8, 4) is 17.1 Å². The molecule has 3 rings (SSSR count). The van der Waals surface area contributed by atoms with Crippen LogP contribution in [0.15, 0.2) is 46.1 Å². The van der Waals surface area contributed by atoms with Gasteiger partial charge < -0.3 is 15.0 Å². The molecule has 0 aliphatic heterocycles. The normalized spacial score (nSPS) is 11.4. The van der Waals surface area contributed by atoms with E-state index in [1.165, 1.54) is 11.9 Å². The zero-order chi connectivity index (χ0) is 23.8. The third-order valence-electron chi connectivity index (χ3n) is 5.03. The first-order valence-electron chi connectivity index (χ1n) is 9.53. The number of amides is 1. The zero-order valence-electron chi connectivity index (χ0n) is 17.9. The number of aryl methyl sites for hydroxylation is 2. The summed E-state index contributed by atoms with van der Waals surface area (Å²) in [7, 11) is -2.40. The van der Waals surface area contributed by atoms with Gasteiger partial charge in [0.05, 0.1) is 4.90 Å². The average Bonchev–Trinajstić information content (AvgIpc) is 2.71. The van der Waals surface area contributed by atoms with Crippen LogP contribution in [0.5, 0.6) is 5.75 Å². The second-order valence-electron chi connectivity index (χ2n) is 7.60. The van der Waals surface area contributed by atoms with Crippen LogP contribution in [0, 0.1) is 19.7 Å². The summed E-state index contributed by atoms with van der Waals surface area (Å²) in [4.78, 5) is 32.4. The molecule has 8 nitrogen and oxygen atoms in total. The van der Waals surface area contributed by atoms with Gasteiger partial charge in [0.25, 0.3) is 11.5 Å². The van der Waals surface area contributed by atoms with E-state index in [1.54, 1.807) is 0 Å². The molecule has 0 aliphatic rings. The Labute approximate surface area is 184 Å². The lowest BCUT2D eigenvalue weighted by Gasteiger charge is -2.18. The molecule has 1 amide bonds. The van der Waals surface area contributed by atoms with Gasteiger partial charge in [0.1, 0.15) is 11.6 Å². The van der Waals surface area contributed by atoms with Crippen LogP contribution in [0.4, 0.5) is 4.39 Å². The molecule has 0 radical (unpaired) electrons. The summed E-state index contributed by atoms with van der Waals surface area (Å²) in [5.41, 5.74) is 1.32. The fourth-order valence-corrected chi connectivity index (χ4v) is 4.06. The highest BCUT2D eigenvalue weighted by Crippen LogP contribution is 2.26. The molecule has 0 saturated carbocycles. The minimum atomic E-state index is -3.88. The number of nitrogens with one attached hydrogen (secondary N) is 1. The van der Waals surface area contributed by atoms with E-state index in [0.717, 1.165) is 41.1 Å². The molecule has 0 unspecified atom stereocenters. The van der Waals surface area contributed by atoms with Gasteiger partial charge in [-0.05, 0) is 48.7 Å². The van der Waals surface area contributed by atoms with E-state index in [1.807, 2.05) is 32.0 Å². The van der Waals surface area contributed by atoms with Crippen LogP contribution >= 0.6 is 0 Å². The first kappa shape index (κ1) is 23.1. The summed E-state index contributed by atoms with van der Waals surface area (Å²) in [6.07, 6.45) is 0.882. The molecule has 0 aliphatic carbocycles. The minimum absolute atomic E-state index is 0.100. The van der Waals surface area contributed by atoms with Gasteiger partial charge in [-0.15, -0.1) is 0 Å². The lowest BCUT2D eigenvalue weighted by molar-refractivity contribution is 0.0775. The Bertz CT molecular complexity index is 1380. The van der Waals surface area contributed by atoms with Gasteiger partial charge in [-0.25, -0.2) is 17.8 Å². The van der Waals surface area contributed by atoms with Gasteiger partial charge in [0, 0.05) is 25.4 Å². The van der Waals surface area contributed by atoms with Crippen LogP contribution in [-0.4, -0.2) is 47.6 Å². The Balaban J connectivity index is 2.05. The maximum Gasteiger partial charge on any atom is 0.294 e. The van der Waals surface area contributed by atoms with Crippen LogP contribution in [0.2, 0.25) is 0 Å². The zero-order valence-corrected chi connectivity index (χ0v) is 18.7. The first-order chi connectivity index (χ1) is 14.9. The van der Waals surface area contributed by atoms with Crippen LogP contribution in [0.1, 0.15) is 27.2 Å². The standard InChI is InChI=1S/C22H22FN3O5S/c1-12-5-6-14(9-13(12)2)11-26(3)22(29)18-19(27)21(28)25-20(24-18)16-8-7-15(23)10-17(16)32(4,30)31/h5-10,27H,11H2,1-4H3,(H,24,25,28). The molecule has 168 valence electrons. The predicted molar refractivity (Wildman–Crippen MR) is 117 cm³/mol. The first-order valence-corrected chi connectivity index (χ1v) is 11.4. The van der Waals surface area contributed by atoms with Crippen molar-refractivity contribution >= 4 is 15.7 Å². The monoisotopic (exact) mass is 459 g/mol. The molecular weight excluding hydrogens is 437 g/mol. The van der Waals surface area contributed by atoms with Gasteiger partial charge in [-0.2, -0.15) is 0 Å². The fraction of sp³-hybridized carbons (Fsp3) is 0.227. The van der Waals surface area contributed by atoms with Crippen molar-refractivity contribution < 1.29 is 22.7 Å². The van der Waals surface area contributed by atoms with E-state index in [4.69, 9.17) is 0 Å². The second-order valence-corrected chi connectivity index (χ2v) is 9.59. The van der Waals surface area contributed by atoms with Gasteiger partial charge in [-0.1, -0.05) is 18.2 Å². The van der Waals surface area contributed by atoms with Crippen LogP contribution in [0.25, 0.3) is 11.4 Å². The van der Waals surface area contributed by atoms with Crippen molar-refractivity contribution in [2.45, 2.75) is 25.3 Å². The summed E-state index contributed by atoms with van der Waals surface area (Å²) in [5, 5.41) is 10.2. The molecule has 10 heteroatoms. The number of nitrogens with zero attached hydrogens (tertiary/aromatic N) is 2. The van der Waals surface area contributed by atoms with E-state index in [2.05, 4.69) is 9.97 Å². The quantitative estimate of drug-likeness (QED) is 0.605. The number of H-pyrrole nitrogens is 1. The largest absolute Gasteiger partial charge is 0.501 e. The second kappa shape index (κ2) is 8.54. The number of aromatic nitrogens is 2. The molecule has 0 atom stereocenters. The van der Waals surface area contributed by atoms with Crippen molar-refractivity contribution in [2.75, 3.05) is 13.3 Å². The van der Waals surface area contributed by atoms with Gasteiger partial charge >= 0.3 is 0 Å². The molecular formula is C22H22FN3O5S. The van der Waals surface area contributed by atoms with Gasteiger partial charge in [0.2, 0.25) is 5.75 Å². The van der Waals surface area contributed by atoms with Crippen molar-refractivity contribution in [2.24, 2.45) is 0 Å². The van der Waals surface area contributed by atoms with Crippen molar-refractivity contribution in [1.82, 2.24) is 14.9 Å². The fourth-order valence-electron chi connectivity index (χ4n) is 3.17. The number of rotatable bonds is 5. The van der Waals surface area contributed by atoms with Crippen LogP contribution in [-0.2, 0) is 16.4 Å². The van der Waals surface area contributed by atoms with E-state index in [9.17, 15) is 27.5 Å². The summed E-state index contributed by atoms with van der Waals surface area (Å²) < 4.78 is 37.9. The number of halogens is 1. The summed E-state index contributed by atoms with van der Waals surface area (Å²) >= 11 is 0. The SMILES string of the molecule is Cc1ccc(CN(C)C(=O)c2nc(-c3ccc(F)cc3S(C)(=O)=O)[nH]c(=O)c2O)cc1C. The molecule has 0 bridgehead atoms. The summed E-state index contributed by atoms with van der Waals surface area (Å²) in [6, 6.07) is 8.64. The topological polar surface area (TPSA) is 120 Å². The molecule has 2 aromatic carbocycles. The maximum absolute atomic E-state index is 13.7. The lowest BCUT2D eigenvalue weighted by Crippen LogP contribution is -2.29. The highest BCUT2D eigenvalue weighted by Gasteiger charge is 2.24. The van der Waals surface area contributed by atoms with Crippen molar-refractivity contribution in [1.29, 1.82) is 0 Å². The number of aromatic hydroxyl groups is 1. The number of aromatic amines is 1.